The molecule has 3 aromatic carbocycles. The van der Waals surface area contributed by atoms with Crippen LogP contribution in [0.2, 0.25) is 0 Å². The van der Waals surface area contributed by atoms with E-state index in [9.17, 15) is 0 Å². The van der Waals surface area contributed by atoms with E-state index in [1.807, 2.05) is 54.6 Å². The summed E-state index contributed by atoms with van der Waals surface area (Å²) in [5, 5.41) is 0. The van der Waals surface area contributed by atoms with Crippen molar-refractivity contribution in [3.8, 4) is 5.75 Å². The highest BCUT2D eigenvalue weighted by Gasteiger charge is 2.63. The van der Waals surface area contributed by atoms with Crippen LogP contribution in [0, 0.1) is 11.8 Å². The van der Waals surface area contributed by atoms with Gasteiger partial charge in [-0.25, -0.2) is 9.78 Å². The first-order valence-electron chi connectivity index (χ1n) is 19.6. The fraction of sp³-hybridized carbons (Fsp3) is 0.581. The molecule has 10 heteroatoms. The number of hydrogen-bond donors (Lipinski definition) is 0. The normalized spacial score (nSPS) is 35.9. The summed E-state index contributed by atoms with van der Waals surface area (Å²) >= 11 is 0. The molecule has 53 heavy (non-hydrogen) atoms. The van der Waals surface area contributed by atoms with Gasteiger partial charge in [-0.05, 0) is 80.0 Å². The summed E-state index contributed by atoms with van der Waals surface area (Å²) < 4.78 is 24.3. The minimum Gasteiger partial charge on any atom is -0.353 e. The molecule has 2 saturated carbocycles. The molecule has 6 heterocycles. The van der Waals surface area contributed by atoms with Crippen LogP contribution in [0.1, 0.15) is 106 Å². The molecule has 11 rings (SSSR count). The largest absolute Gasteiger partial charge is 0.353 e. The van der Waals surface area contributed by atoms with Gasteiger partial charge >= 0.3 is 0 Å². The Kier molecular flexibility index (Phi) is 11.0. The molecule has 286 valence electrons. The van der Waals surface area contributed by atoms with Crippen LogP contribution in [0.4, 0.5) is 0 Å². The molecule has 4 bridgehead atoms. The number of hydrogen-bond acceptors (Lipinski definition) is 10. The summed E-state index contributed by atoms with van der Waals surface area (Å²) in [6.07, 6.45) is 12.7. The second-order valence-corrected chi connectivity index (χ2v) is 15.5. The summed E-state index contributed by atoms with van der Waals surface area (Å²) in [5.41, 5.74) is 3.32. The molecule has 0 aromatic heterocycles. The Bertz CT molecular complexity index is 1630. The molecule has 4 unspecified atom stereocenters. The van der Waals surface area contributed by atoms with E-state index in [0.29, 0.717) is 24.2 Å². The zero-order valence-electron chi connectivity index (χ0n) is 31.3. The number of benzene rings is 3. The third-order valence-corrected chi connectivity index (χ3v) is 12.6. The molecule has 2 spiro atoms. The van der Waals surface area contributed by atoms with Crippen LogP contribution in [0.25, 0.3) is 0 Å². The fourth-order valence-corrected chi connectivity index (χ4v) is 9.49. The lowest BCUT2D eigenvalue weighted by molar-refractivity contribution is -0.558. The van der Waals surface area contributed by atoms with Crippen molar-refractivity contribution >= 4 is 0 Å². The van der Waals surface area contributed by atoms with Crippen molar-refractivity contribution < 1.29 is 48.3 Å². The van der Waals surface area contributed by atoms with Crippen molar-refractivity contribution in [2.45, 2.75) is 132 Å². The Morgan fingerprint density at radius 2 is 1.08 bits per heavy atom. The fourth-order valence-electron chi connectivity index (χ4n) is 9.49. The van der Waals surface area contributed by atoms with E-state index in [0.717, 1.165) is 87.3 Å². The number of methoxy groups -OCH3 is 2. The molecule has 0 N–H and O–H groups in total. The van der Waals surface area contributed by atoms with Crippen LogP contribution < -0.4 is 4.89 Å². The SMILES string of the molecule is CCc1ccc(C23CC[C@H]4CCCCC4(OO2)[C@@H](OC)O3)cc1.CO[C@H]1OC2(c3ccc(COOc4ccccc4)cc3)CC[C@H]3CCCCC31OO2. The highest BCUT2D eigenvalue weighted by atomic mass is 17.3. The Hall–Kier alpha value is -2.90. The zero-order chi connectivity index (χ0) is 36.4. The Morgan fingerprint density at radius 1 is 0.566 bits per heavy atom. The van der Waals surface area contributed by atoms with Crippen molar-refractivity contribution in [3.05, 3.63) is 101 Å². The molecular weight excluding hydrogens is 676 g/mol. The van der Waals surface area contributed by atoms with E-state index in [4.69, 9.17) is 48.3 Å². The number of rotatable bonds is 9. The standard InChI is InChI=1S/C24H28O6.C19H26O4/c1-25-22-23-15-6-5-7-19(23)14-16-24(27-22,30-29-23)20-12-10-18(11-13-20)17-26-28-21-8-3-2-4-9-21;1-3-14-7-9-16(10-8-14)19-13-11-15-6-4-5-12-18(15,22-23-19)17(20-2)21-19/h2-4,8-13,19,22H,5-7,14-17H2,1H3;7-10,15,17H,3-6,11-13H2,1-2H3/t19-,22+,23?,24?;15-,17+,18?,19?/m11/s1. The van der Waals surface area contributed by atoms with Gasteiger partial charge in [-0.3, -0.25) is 0 Å². The van der Waals surface area contributed by atoms with E-state index in [1.165, 1.54) is 18.4 Å². The molecule has 8 fully saturated rings. The predicted octanol–water partition coefficient (Wildman–Crippen LogP) is 9.10. The quantitative estimate of drug-likeness (QED) is 0.157. The van der Waals surface area contributed by atoms with Gasteiger partial charge in [0.05, 0.1) is 0 Å². The van der Waals surface area contributed by atoms with Gasteiger partial charge in [0.2, 0.25) is 11.6 Å². The van der Waals surface area contributed by atoms with Crippen molar-refractivity contribution in [3.63, 3.8) is 0 Å². The average molecular weight is 731 g/mol. The zero-order valence-corrected chi connectivity index (χ0v) is 31.3. The third kappa shape index (κ3) is 6.96. The van der Waals surface area contributed by atoms with E-state index in [-0.39, 0.29) is 6.29 Å². The van der Waals surface area contributed by atoms with Gasteiger partial charge in [0.1, 0.15) is 6.61 Å². The number of ether oxygens (including phenoxy) is 4. The lowest BCUT2D eigenvalue weighted by Crippen LogP contribution is -2.59. The summed E-state index contributed by atoms with van der Waals surface area (Å²) in [7, 11) is 3.40. The first-order chi connectivity index (χ1) is 26.0. The van der Waals surface area contributed by atoms with E-state index >= 15 is 0 Å². The maximum Gasteiger partial charge on any atom is 0.230 e. The van der Waals surface area contributed by atoms with Gasteiger partial charge in [-0.2, -0.15) is 14.7 Å². The van der Waals surface area contributed by atoms with Crippen LogP contribution in [0.5, 0.6) is 5.75 Å². The molecule has 0 radical (unpaired) electrons. The average Bonchev–Trinajstić information content (AvgIpc) is 3.64. The molecule has 10 nitrogen and oxygen atoms in total. The topological polar surface area (TPSA) is 92.3 Å². The molecule has 2 aliphatic carbocycles. The lowest BCUT2D eigenvalue weighted by Gasteiger charge is -2.49. The van der Waals surface area contributed by atoms with Gasteiger partial charge < -0.3 is 23.8 Å². The van der Waals surface area contributed by atoms with Crippen molar-refractivity contribution in [2.24, 2.45) is 11.8 Å². The number of para-hydroxylation sites is 1. The summed E-state index contributed by atoms with van der Waals surface area (Å²) in [6, 6.07) is 25.9. The Balaban J connectivity index is 0.000000156. The smallest absolute Gasteiger partial charge is 0.230 e. The number of aryl methyl sites for hydroxylation is 1. The molecule has 6 saturated heterocycles. The predicted molar refractivity (Wildman–Crippen MR) is 193 cm³/mol. The minimum absolute atomic E-state index is 0.340. The Morgan fingerprint density at radius 3 is 1.57 bits per heavy atom. The Labute approximate surface area is 313 Å². The molecule has 8 atom stereocenters. The summed E-state index contributed by atoms with van der Waals surface area (Å²) in [4.78, 5) is 34.8. The van der Waals surface area contributed by atoms with Crippen LogP contribution in [0.3, 0.4) is 0 Å². The number of fused-ring (bicyclic) bond motifs is 6. The van der Waals surface area contributed by atoms with E-state index in [2.05, 4.69) is 31.2 Å². The summed E-state index contributed by atoms with van der Waals surface area (Å²) in [6.45, 7) is 2.50. The van der Waals surface area contributed by atoms with Crippen molar-refractivity contribution in [2.75, 3.05) is 14.2 Å². The van der Waals surface area contributed by atoms with Crippen molar-refractivity contribution in [1.82, 2.24) is 0 Å². The lowest BCUT2D eigenvalue weighted by atomic mass is 9.73. The van der Waals surface area contributed by atoms with Gasteiger partial charge in [-0.1, -0.05) is 99.3 Å². The van der Waals surface area contributed by atoms with Gasteiger partial charge in [0, 0.05) is 38.2 Å². The van der Waals surface area contributed by atoms with Gasteiger partial charge in [0.15, 0.2) is 29.5 Å². The van der Waals surface area contributed by atoms with Crippen LogP contribution in [-0.4, -0.2) is 38.0 Å². The van der Waals surface area contributed by atoms with E-state index < -0.39 is 29.1 Å². The highest BCUT2D eigenvalue weighted by molar-refractivity contribution is 5.28. The molecule has 0 amide bonds. The first kappa shape index (κ1) is 37.0. The summed E-state index contributed by atoms with van der Waals surface area (Å²) in [5.74, 6) is -0.267. The molecule has 3 aromatic rings. The third-order valence-electron chi connectivity index (χ3n) is 12.6. The second-order valence-electron chi connectivity index (χ2n) is 15.5. The molecule has 8 aliphatic rings. The highest BCUT2D eigenvalue weighted by Crippen LogP contribution is 2.56. The minimum atomic E-state index is -0.941. The van der Waals surface area contributed by atoms with Gasteiger partial charge in [-0.15, -0.1) is 0 Å². The first-order valence-corrected chi connectivity index (χ1v) is 19.6. The van der Waals surface area contributed by atoms with Crippen LogP contribution in [0.15, 0.2) is 78.9 Å². The van der Waals surface area contributed by atoms with Crippen LogP contribution in [-0.2, 0) is 68.0 Å². The van der Waals surface area contributed by atoms with Crippen molar-refractivity contribution in [1.29, 1.82) is 0 Å². The van der Waals surface area contributed by atoms with E-state index in [1.54, 1.807) is 14.2 Å². The maximum absolute atomic E-state index is 6.45. The molecule has 6 aliphatic heterocycles. The maximum atomic E-state index is 6.45. The molecular formula is C43H54O10. The van der Waals surface area contributed by atoms with Crippen LogP contribution >= 0.6 is 0 Å². The second kappa shape index (κ2) is 15.7. The monoisotopic (exact) mass is 730 g/mol. The van der Waals surface area contributed by atoms with Gasteiger partial charge in [0.25, 0.3) is 0 Å².